The largest absolute Gasteiger partial charge is 0.497 e. The number of benzene rings is 2. The molecule has 162 valence electrons. The number of hydrogen-bond acceptors (Lipinski definition) is 5. The molecule has 2 heterocycles. The Balaban J connectivity index is 1.52. The first-order valence-corrected chi connectivity index (χ1v) is 10.0. The van der Waals surface area contributed by atoms with Crippen molar-refractivity contribution in [2.24, 2.45) is 0 Å². The molecule has 1 aliphatic heterocycles. The van der Waals surface area contributed by atoms with Crippen molar-refractivity contribution < 1.29 is 18.7 Å². The van der Waals surface area contributed by atoms with Gasteiger partial charge in [-0.15, -0.1) is 0 Å². The number of pyridine rings is 1. The highest BCUT2D eigenvalue weighted by atomic mass is 35.5. The molecule has 1 aromatic heterocycles. The Labute approximate surface area is 182 Å². The number of anilines is 1. The second-order valence-electron chi connectivity index (χ2n) is 7.27. The van der Waals surface area contributed by atoms with Crippen LogP contribution in [0.4, 0.5) is 10.1 Å². The van der Waals surface area contributed by atoms with E-state index in [2.05, 4.69) is 10.3 Å². The minimum absolute atomic E-state index is 0.0360. The van der Waals surface area contributed by atoms with Crippen LogP contribution < -0.4 is 20.2 Å². The van der Waals surface area contributed by atoms with E-state index in [4.69, 9.17) is 21.1 Å². The number of aromatic nitrogens is 1. The summed E-state index contributed by atoms with van der Waals surface area (Å²) in [6.07, 6.45) is 0.492. The molecule has 31 heavy (non-hydrogen) atoms. The summed E-state index contributed by atoms with van der Waals surface area (Å²) in [7, 11) is 3.06. The molecule has 0 aliphatic carbocycles. The van der Waals surface area contributed by atoms with Crippen LogP contribution in [0.3, 0.4) is 0 Å². The molecule has 7 nitrogen and oxygen atoms in total. The minimum Gasteiger partial charge on any atom is -0.497 e. The van der Waals surface area contributed by atoms with Crippen molar-refractivity contribution in [3.05, 3.63) is 62.7 Å². The van der Waals surface area contributed by atoms with E-state index in [-0.39, 0.29) is 40.4 Å². The molecule has 0 radical (unpaired) electrons. The minimum atomic E-state index is -0.630. The molecule has 2 N–H and O–H groups in total. The van der Waals surface area contributed by atoms with E-state index in [1.54, 1.807) is 25.3 Å². The number of H-pyrrole nitrogens is 1. The Kier molecular flexibility index (Phi) is 5.84. The summed E-state index contributed by atoms with van der Waals surface area (Å²) in [6.45, 7) is 0.933. The lowest BCUT2D eigenvalue weighted by atomic mass is 10.0. The first-order valence-electron chi connectivity index (χ1n) is 9.67. The first kappa shape index (κ1) is 21.1. The molecule has 9 heteroatoms. The molecular weight excluding hydrogens is 425 g/mol. The lowest BCUT2D eigenvalue weighted by Gasteiger charge is -2.28. The molecule has 0 unspecified atom stereocenters. The number of aromatic amines is 1. The molecule has 4 rings (SSSR count). The Morgan fingerprint density at radius 1 is 1.26 bits per heavy atom. The topological polar surface area (TPSA) is 83.7 Å². The second kappa shape index (κ2) is 8.56. The highest BCUT2D eigenvalue weighted by Crippen LogP contribution is 2.29. The van der Waals surface area contributed by atoms with Crippen LogP contribution in [-0.2, 0) is 17.8 Å². The number of amides is 1. The lowest BCUT2D eigenvalue weighted by Crippen LogP contribution is -2.39. The molecule has 2 aromatic carbocycles. The molecule has 1 amide bonds. The number of halogens is 2. The number of fused-ring (bicyclic) bond motifs is 2. The quantitative estimate of drug-likeness (QED) is 0.629. The Morgan fingerprint density at radius 2 is 2.06 bits per heavy atom. The van der Waals surface area contributed by atoms with Gasteiger partial charge in [-0.2, -0.15) is 0 Å². The Morgan fingerprint density at radius 3 is 2.81 bits per heavy atom. The van der Waals surface area contributed by atoms with Crippen LogP contribution in [0.1, 0.15) is 11.3 Å². The number of nitrogens with one attached hydrogen (secondary N) is 2. The van der Waals surface area contributed by atoms with Crippen LogP contribution in [0.25, 0.3) is 10.9 Å². The molecule has 0 saturated carbocycles. The predicted octanol–water partition coefficient (Wildman–Crippen LogP) is 3.33. The molecule has 0 fully saturated rings. The normalized spacial score (nSPS) is 13.7. The summed E-state index contributed by atoms with van der Waals surface area (Å²) in [5.74, 6) is 0.239. The van der Waals surface area contributed by atoms with Gasteiger partial charge in [0.1, 0.15) is 11.5 Å². The number of carbonyl (C=O) groups excluding carboxylic acids is 1. The van der Waals surface area contributed by atoms with E-state index in [9.17, 15) is 14.0 Å². The predicted molar refractivity (Wildman–Crippen MR) is 117 cm³/mol. The maximum Gasteiger partial charge on any atom is 0.238 e. The number of hydrogen-bond donors (Lipinski definition) is 2. The van der Waals surface area contributed by atoms with E-state index >= 15 is 0 Å². The number of carbonyl (C=O) groups is 1. The van der Waals surface area contributed by atoms with Gasteiger partial charge >= 0.3 is 0 Å². The zero-order valence-electron chi connectivity index (χ0n) is 17.1. The van der Waals surface area contributed by atoms with E-state index in [0.717, 1.165) is 0 Å². The summed E-state index contributed by atoms with van der Waals surface area (Å²) in [5, 5.41) is 3.04. The van der Waals surface area contributed by atoms with Gasteiger partial charge in [0.15, 0.2) is 11.2 Å². The molecular formula is C22H21ClFN3O4. The van der Waals surface area contributed by atoms with Gasteiger partial charge < -0.3 is 19.8 Å². The van der Waals surface area contributed by atoms with Crippen molar-refractivity contribution in [2.75, 3.05) is 32.6 Å². The van der Waals surface area contributed by atoms with Crippen molar-refractivity contribution in [1.29, 1.82) is 0 Å². The van der Waals surface area contributed by atoms with Crippen LogP contribution >= 0.6 is 11.6 Å². The van der Waals surface area contributed by atoms with Crippen LogP contribution in [0.5, 0.6) is 11.5 Å². The van der Waals surface area contributed by atoms with E-state index in [1.165, 1.54) is 19.2 Å². The number of rotatable bonds is 5. The van der Waals surface area contributed by atoms with E-state index in [0.29, 0.717) is 41.4 Å². The van der Waals surface area contributed by atoms with Crippen molar-refractivity contribution >= 4 is 34.1 Å². The Bertz CT molecular complexity index is 1230. The first-order chi connectivity index (χ1) is 14.9. The van der Waals surface area contributed by atoms with Crippen molar-refractivity contribution in [3.8, 4) is 11.5 Å². The van der Waals surface area contributed by atoms with Crippen LogP contribution in [-0.4, -0.2) is 43.1 Å². The van der Waals surface area contributed by atoms with Gasteiger partial charge in [0, 0.05) is 42.2 Å². The fourth-order valence-corrected chi connectivity index (χ4v) is 3.93. The van der Waals surface area contributed by atoms with Gasteiger partial charge in [0.25, 0.3) is 0 Å². The molecule has 1 aliphatic rings. The highest BCUT2D eigenvalue weighted by molar-refractivity contribution is 6.31. The summed E-state index contributed by atoms with van der Waals surface area (Å²) in [4.78, 5) is 30.4. The molecule has 0 spiro atoms. The van der Waals surface area contributed by atoms with Gasteiger partial charge in [0.05, 0.1) is 37.0 Å². The maximum absolute atomic E-state index is 14.3. The third-order valence-corrected chi connectivity index (χ3v) is 5.66. The average Bonchev–Trinajstić information content (AvgIpc) is 2.77. The summed E-state index contributed by atoms with van der Waals surface area (Å²) in [6, 6.07) is 8.00. The summed E-state index contributed by atoms with van der Waals surface area (Å²) < 4.78 is 24.8. The molecule has 0 bridgehead atoms. The standard InChI is InChI=1S/C22H21ClFN3O4/c1-30-12-3-6-17(18(9-12)31-2)25-19(28)11-27-8-7-16-14(10-27)22(29)13-4-5-15(23)20(24)21(13)26-16/h3-6,9H,7-8,10-11H2,1-2H3,(H,25,28)(H,26,29). The van der Waals surface area contributed by atoms with Crippen LogP contribution in [0, 0.1) is 5.82 Å². The maximum atomic E-state index is 14.3. The summed E-state index contributed by atoms with van der Waals surface area (Å²) in [5.41, 5.74) is 1.61. The third-order valence-electron chi connectivity index (χ3n) is 5.36. The van der Waals surface area contributed by atoms with Gasteiger partial charge in [-0.3, -0.25) is 14.5 Å². The van der Waals surface area contributed by atoms with Crippen LogP contribution in [0.2, 0.25) is 5.02 Å². The smallest absolute Gasteiger partial charge is 0.238 e. The molecule has 0 atom stereocenters. The number of methoxy groups -OCH3 is 2. The van der Waals surface area contributed by atoms with Gasteiger partial charge in [-0.25, -0.2) is 4.39 Å². The molecule has 0 saturated heterocycles. The third kappa shape index (κ3) is 4.08. The van der Waals surface area contributed by atoms with Gasteiger partial charge in [-0.1, -0.05) is 11.6 Å². The zero-order valence-corrected chi connectivity index (χ0v) is 17.8. The number of nitrogens with zero attached hydrogens (tertiary/aromatic N) is 1. The zero-order chi connectivity index (χ0) is 22.1. The summed E-state index contributed by atoms with van der Waals surface area (Å²) >= 11 is 5.84. The van der Waals surface area contributed by atoms with Crippen molar-refractivity contribution in [1.82, 2.24) is 9.88 Å². The fourth-order valence-electron chi connectivity index (χ4n) is 3.77. The fraction of sp³-hybridized carbons (Fsp3) is 0.273. The molecule has 3 aromatic rings. The van der Waals surface area contributed by atoms with Crippen LogP contribution in [0.15, 0.2) is 35.1 Å². The van der Waals surface area contributed by atoms with Gasteiger partial charge in [-0.05, 0) is 24.3 Å². The second-order valence-corrected chi connectivity index (χ2v) is 7.68. The number of ether oxygens (including phenoxy) is 2. The monoisotopic (exact) mass is 445 g/mol. The lowest BCUT2D eigenvalue weighted by molar-refractivity contribution is -0.117. The Hall–Kier alpha value is -3.10. The van der Waals surface area contributed by atoms with Crippen molar-refractivity contribution in [3.63, 3.8) is 0 Å². The SMILES string of the molecule is COc1ccc(NC(=O)CN2CCc3[nH]c4c(F)c(Cl)ccc4c(=O)c3C2)c(OC)c1. The average molecular weight is 446 g/mol. The van der Waals surface area contributed by atoms with E-state index in [1.807, 2.05) is 4.90 Å². The van der Waals surface area contributed by atoms with Gasteiger partial charge in [0.2, 0.25) is 5.91 Å². The van der Waals surface area contributed by atoms with E-state index < -0.39 is 5.82 Å². The highest BCUT2D eigenvalue weighted by Gasteiger charge is 2.24. The van der Waals surface area contributed by atoms with Crippen molar-refractivity contribution in [2.45, 2.75) is 13.0 Å².